The summed E-state index contributed by atoms with van der Waals surface area (Å²) in [6, 6.07) is 7.31. The van der Waals surface area contributed by atoms with Crippen LogP contribution in [-0.4, -0.2) is 19.1 Å². The van der Waals surface area contributed by atoms with Gasteiger partial charge in [0.1, 0.15) is 6.04 Å². The molecule has 0 aliphatic heterocycles. The largest absolute Gasteiger partial charge is 0.468 e. The number of ether oxygens (including phenoxy) is 1. The van der Waals surface area contributed by atoms with Gasteiger partial charge in [0.2, 0.25) is 0 Å². The summed E-state index contributed by atoms with van der Waals surface area (Å²) in [6.07, 6.45) is 0.682. The van der Waals surface area contributed by atoms with Crippen molar-refractivity contribution in [3.05, 3.63) is 34.9 Å². The van der Waals surface area contributed by atoms with E-state index >= 15 is 0 Å². The van der Waals surface area contributed by atoms with Crippen molar-refractivity contribution < 1.29 is 9.53 Å². The maximum absolute atomic E-state index is 11.5. The molecule has 17 heavy (non-hydrogen) atoms. The Balaban J connectivity index is 2.74. The number of rotatable bonds is 5. The Morgan fingerprint density at radius 3 is 2.65 bits per heavy atom. The number of hydrogen-bond acceptors (Lipinski definition) is 3. The highest BCUT2D eigenvalue weighted by Gasteiger charge is 2.20. The molecule has 0 amide bonds. The zero-order chi connectivity index (χ0) is 12.8. The minimum atomic E-state index is -0.300. The molecule has 0 radical (unpaired) electrons. The minimum absolute atomic E-state index is 0.00718. The number of benzene rings is 1. The third kappa shape index (κ3) is 3.72. The maximum Gasteiger partial charge on any atom is 0.322 e. The number of methoxy groups -OCH3 is 1. The van der Waals surface area contributed by atoms with E-state index in [1.165, 1.54) is 7.11 Å². The fraction of sp³-hybridized carbons (Fsp3) is 0.462. The monoisotopic (exact) mass is 255 g/mol. The molecular formula is C13H18ClNO2. The molecule has 0 bridgehead atoms. The van der Waals surface area contributed by atoms with Crippen LogP contribution in [0.5, 0.6) is 0 Å². The highest BCUT2D eigenvalue weighted by molar-refractivity contribution is 6.31. The lowest BCUT2D eigenvalue weighted by Gasteiger charge is -2.21. The summed E-state index contributed by atoms with van der Waals surface area (Å²) >= 11 is 6.10. The zero-order valence-corrected chi connectivity index (χ0v) is 11.1. The highest BCUT2D eigenvalue weighted by atomic mass is 35.5. The summed E-state index contributed by atoms with van der Waals surface area (Å²) in [4.78, 5) is 11.5. The summed E-state index contributed by atoms with van der Waals surface area (Å²) in [5.74, 6) is -0.244. The second-order valence-corrected chi connectivity index (χ2v) is 4.30. The average molecular weight is 256 g/mol. The van der Waals surface area contributed by atoms with Gasteiger partial charge in [-0.3, -0.25) is 10.1 Å². The van der Waals surface area contributed by atoms with E-state index in [4.69, 9.17) is 16.3 Å². The van der Waals surface area contributed by atoms with Crippen LogP contribution in [0.15, 0.2) is 24.3 Å². The maximum atomic E-state index is 11.5. The number of hydrogen-bond donors (Lipinski definition) is 1. The Hall–Kier alpha value is -1.06. The van der Waals surface area contributed by atoms with Gasteiger partial charge in [-0.2, -0.15) is 0 Å². The lowest BCUT2D eigenvalue weighted by Crippen LogP contribution is -2.38. The lowest BCUT2D eigenvalue weighted by molar-refractivity contribution is -0.143. The highest BCUT2D eigenvalue weighted by Crippen LogP contribution is 2.22. The van der Waals surface area contributed by atoms with E-state index in [9.17, 15) is 4.79 Å². The molecule has 1 aromatic carbocycles. The van der Waals surface area contributed by atoms with E-state index in [0.29, 0.717) is 11.4 Å². The summed E-state index contributed by atoms with van der Waals surface area (Å²) in [6.45, 7) is 3.92. The Morgan fingerprint density at radius 2 is 2.12 bits per heavy atom. The third-order valence-electron chi connectivity index (χ3n) is 2.72. The van der Waals surface area contributed by atoms with Crippen LogP contribution in [0.1, 0.15) is 31.9 Å². The number of carbonyl (C=O) groups is 1. The normalized spacial score (nSPS) is 14.1. The van der Waals surface area contributed by atoms with Crippen LogP contribution >= 0.6 is 11.6 Å². The van der Waals surface area contributed by atoms with Crippen LogP contribution in [0, 0.1) is 0 Å². The molecule has 0 saturated heterocycles. The average Bonchev–Trinajstić information content (AvgIpc) is 2.35. The van der Waals surface area contributed by atoms with E-state index in [-0.39, 0.29) is 18.1 Å². The molecule has 0 heterocycles. The molecule has 0 fully saturated rings. The van der Waals surface area contributed by atoms with E-state index in [2.05, 4.69) is 5.32 Å². The van der Waals surface area contributed by atoms with Gasteiger partial charge in [-0.1, -0.05) is 36.7 Å². The molecule has 0 aromatic heterocycles. The van der Waals surface area contributed by atoms with Gasteiger partial charge in [-0.25, -0.2) is 0 Å². The molecule has 0 saturated carbocycles. The van der Waals surface area contributed by atoms with Crippen LogP contribution in [0.2, 0.25) is 5.02 Å². The van der Waals surface area contributed by atoms with E-state index < -0.39 is 0 Å². The van der Waals surface area contributed by atoms with Crippen molar-refractivity contribution in [1.82, 2.24) is 5.32 Å². The molecule has 2 atom stereocenters. The van der Waals surface area contributed by atoms with Crippen LogP contribution in [-0.2, 0) is 9.53 Å². The second-order valence-electron chi connectivity index (χ2n) is 3.89. The first-order valence-corrected chi connectivity index (χ1v) is 6.06. The molecule has 0 spiro atoms. The van der Waals surface area contributed by atoms with Gasteiger partial charge >= 0.3 is 5.97 Å². The standard InChI is InChI=1S/C13H18ClNO2/c1-4-12(13(16)17-3)15-9(2)10-7-5-6-8-11(10)14/h5-9,12,15H,4H2,1-3H3/t9-,12?/m1/s1. The fourth-order valence-corrected chi connectivity index (χ4v) is 2.01. The molecule has 1 N–H and O–H groups in total. The summed E-state index contributed by atoms with van der Waals surface area (Å²) < 4.78 is 4.74. The summed E-state index contributed by atoms with van der Waals surface area (Å²) in [5.41, 5.74) is 0.983. The van der Waals surface area contributed by atoms with Crippen LogP contribution in [0.3, 0.4) is 0 Å². The smallest absolute Gasteiger partial charge is 0.322 e. The Bertz CT molecular complexity index is 381. The molecule has 1 unspecified atom stereocenters. The van der Waals surface area contributed by atoms with E-state index in [1.54, 1.807) is 0 Å². The van der Waals surface area contributed by atoms with Gasteiger partial charge < -0.3 is 4.74 Å². The van der Waals surface area contributed by atoms with Gasteiger partial charge in [0, 0.05) is 11.1 Å². The molecule has 3 nitrogen and oxygen atoms in total. The van der Waals surface area contributed by atoms with Gasteiger partial charge in [-0.05, 0) is 25.0 Å². The van der Waals surface area contributed by atoms with Crippen molar-refractivity contribution in [2.24, 2.45) is 0 Å². The minimum Gasteiger partial charge on any atom is -0.468 e. The van der Waals surface area contributed by atoms with Crippen molar-refractivity contribution in [2.75, 3.05) is 7.11 Å². The van der Waals surface area contributed by atoms with Crippen LogP contribution in [0.4, 0.5) is 0 Å². The number of nitrogens with one attached hydrogen (secondary N) is 1. The second kappa shape index (κ2) is 6.62. The number of halogens is 1. The Kier molecular flexibility index (Phi) is 5.45. The molecule has 0 aliphatic carbocycles. The summed E-state index contributed by atoms with van der Waals surface area (Å²) in [7, 11) is 1.40. The van der Waals surface area contributed by atoms with E-state index in [0.717, 1.165) is 5.56 Å². The van der Waals surface area contributed by atoms with Gasteiger partial charge in [-0.15, -0.1) is 0 Å². The number of esters is 1. The van der Waals surface area contributed by atoms with Crippen molar-refractivity contribution in [3.8, 4) is 0 Å². The Morgan fingerprint density at radius 1 is 1.47 bits per heavy atom. The number of carbonyl (C=O) groups excluding carboxylic acids is 1. The third-order valence-corrected chi connectivity index (χ3v) is 3.06. The van der Waals surface area contributed by atoms with Crippen LogP contribution in [0.25, 0.3) is 0 Å². The fourth-order valence-electron chi connectivity index (χ4n) is 1.71. The molecule has 1 rings (SSSR count). The SMILES string of the molecule is CCC(N[C@H](C)c1ccccc1Cl)C(=O)OC. The molecular weight excluding hydrogens is 238 g/mol. The van der Waals surface area contributed by atoms with Crippen LogP contribution < -0.4 is 5.32 Å². The first-order valence-electron chi connectivity index (χ1n) is 5.68. The predicted octanol–water partition coefficient (Wildman–Crippen LogP) is 2.94. The van der Waals surface area contributed by atoms with Crippen molar-refractivity contribution in [2.45, 2.75) is 32.4 Å². The van der Waals surface area contributed by atoms with Crippen molar-refractivity contribution >= 4 is 17.6 Å². The van der Waals surface area contributed by atoms with Crippen molar-refractivity contribution in [3.63, 3.8) is 0 Å². The van der Waals surface area contributed by atoms with Crippen molar-refractivity contribution in [1.29, 1.82) is 0 Å². The Labute approximate surface area is 107 Å². The quantitative estimate of drug-likeness (QED) is 0.822. The zero-order valence-electron chi connectivity index (χ0n) is 10.4. The molecule has 1 aromatic rings. The lowest BCUT2D eigenvalue weighted by atomic mass is 10.1. The first-order chi connectivity index (χ1) is 8.10. The van der Waals surface area contributed by atoms with E-state index in [1.807, 2.05) is 38.1 Å². The molecule has 4 heteroatoms. The van der Waals surface area contributed by atoms with Gasteiger partial charge in [0.15, 0.2) is 0 Å². The summed E-state index contributed by atoms with van der Waals surface area (Å²) in [5, 5.41) is 3.92. The van der Waals surface area contributed by atoms with Gasteiger partial charge in [0.25, 0.3) is 0 Å². The topological polar surface area (TPSA) is 38.3 Å². The van der Waals surface area contributed by atoms with Gasteiger partial charge in [0.05, 0.1) is 7.11 Å². The molecule has 0 aliphatic rings. The first kappa shape index (κ1) is 14.0. The predicted molar refractivity (Wildman–Crippen MR) is 69.1 cm³/mol. The molecule has 94 valence electrons.